The molecule has 8 aromatic carbocycles. The van der Waals surface area contributed by atoms with E-state index in [2.05, 4.69) is 174 Å². The topological polar surface area (TPSA) is 49.8 Å². The van der Waals surface area contributed by atoms with Crippen LogP contribution in [0, 0.1) is 0 Å². The van der Waals surface area contributed by atoms with Crippen LogP contribution in [0.2, 0.25) is 0 Å². The molecule has 10 aromatic rings. The molecule has 2 aromatic heterocycles. The molecule has 2 amide bonds. The van der Waals surface area contributed by atoms with Crippen molar-refractivity contribution in [1.82, 2.24) is 0 Å². The van der Waals surface area contributed by atoms with Crippen LogP contribution in [0.4, 0.5) is 27.5 Å². The second-order valence-electron chi connectivity index (χ2n) is 20.3. The molecule has 0 unspecified atom stereocenters. The first kappa shape index (κ1) is 39.4. The predicted octanol–water partition coefficient (Wildman–Crippen LogP) is 12.2. The first-order valence-corrected chi connectivity index (χ1v) is 23.9. The summed E-state index contributed by atoms with van der Waals surface area (Å²) in [5.74, 6) is 1.12. The Labute approximate surface area is 386 Å². The van der Waals surface area contributed by atoms with E-state index in [1.165, 1.54) is 33.2 Å². The maximum atomic E-state index is 16.6. The molecule has 3 aliphatic heterocycles. The van der Waals surface area contributed by atoms with E-state index in [-0.39, 0.29) is 43.1 Å². The van der Waals surface area contributed by atoms with Crippen molar-refractivity contribution in [3.8, 4) is 0 Å². The molecule has 0 saturated heterocycles. The Bertz CT molecular complexity index is 3450. The highest BCUT2D eigenvalue weighted by molar-refractivity contribution is 7.00. The predicted molar refractivity (Wildman–Crippen MR) is 280 cm³/mol. The third-order valence-corrected chi connectivity index (χ3v) is 15.2. The van der Waals surface area contributed by atoms with E-state index in [9.17, 15) is 0 Å². The molecular formula is C59H50B2N2O3. The van der Waals surface area contributed by atoms with E-state index in [1.807, 2.05) is 24.3 Å². The summed E-state index contributed by atoms with van der Waals surface area (Å²) < 4.78 is 13.4. The minimum absolute atomic E-state index is 0.0788. The number of nitrogens with zero attached hydrogens (tertiary/aromatic N) is 2. The monoisotopic (exact) mass is 856 g/mol. The van der Waals surface area contributed by atoms with Crippen LogP contribution in [0.3, 0.4) is 0 Å². The second-order valence-corrected chi connectivity index (χ2v) is 20.3. The van der Waals surface area contributed by atoms with Crippen LogP contribution in [0.5, 0.6) is 0 Å². The van der Waals surface area contributed by atoms with E-state index in [0.29, 0.717) is 0 Å². The van der Waals surface area contributed by atoms with Gasteiger partial charge < -0.3 is 8.83 Å². The highest BCUT2D eigenvalue weighted by Crippen LogP contribution is 2.49. The van der Waals surface area contributed by atoms with Gasteiger partial charge in [-0.25, -0.2) is 4.79 Å². The Kier molecular flexibility index (Phi) is 8.36. The highest BCUT2D eigenvalue weighted by Gasteiger charge is 2.50. The lowest BCUT2D eigenvalue weighted by molar-refractivity contribution is 0.255. The Morgan fingerprint density at radius 2 is 0.803 bits per heavy atom. The first-order chi connectivity index (χ1) is 32.0. The number of fused-ring (bicyclic) bond motifs is 10. The zero-order chi connectivity index (χ0) is 45.0. The minimum Gasteiger partial charge on any atom is -0.456 e. The number of amides is 2. The first-order valence-electron chi connectivity index (χ1n) is 23.9. The number of urea groups is 1. The van der Waals surface area contributed by atoms with E-state index in [1.54, 1.807) is 0 Å². The molecule has 0 N–H and O–H groups in total. The van der Waals surface area contributed by atoms with E-state index >= 15 is 4.79 Å². The van der Waals surface area contributed by atoms with Crippen molar-refractivity contribution in [1.29, 1.82) is 0 Å². The van der Waals surface area contributed by atoms with Crippen molar-refractivity contribution < 1.29 is 13.6 Å². The van der Waals surface area contributed by atoms with E-state index in [0.717, 1.165) is 99.3 Å². The number of hydrogen-bond acceptors (Lipinski definition) is 3. The van der Waals surface area contributed by atoms with Crippen molar-refractivity contribution >= 4 is 130 Å². The van der Waals surface area contributed by atoms with Crippen LogP contribution in [0.25, 0.3) is 54.6 Å². The SMILES string of the molecule is CC(C)c1cccc(C(C)C)c1B1c2cc3oc4ccccc4c3cc2N2C(=O)N3c4cc5c(cc4B(c4c(C(C)C)cccc4C(C)C)c4ccc6ccc1c2c6c43)oc1ccccc15. The zero-order valence-corrected chi connectivity index (χ0v) is 38.8. The lowest BCUT2D eigenvalue weighted by Crippen LogP contribution is -2.65. The molecule has 0 aliphatic carbocycles. The molecule has 0 bridgehead atoms. The van der Waals surface area contributed by atoms with Gasteiger partial charge in [-0.15, -0.1) is 0 Å². The average molecular weight is 857 g/mol. The number of benzene rings is 8. The number of carbonyl (C=O) groups excluding carboxylic acids is 1. The molecule has 320 valence electrons. The van der Waals surface area contributed by atoms with Gasteiger partial charge in [-0.05, 0) is 110 Å². The lowest BCUT2D eigenvalue weighted by Gasteiger charge is -2.47. The summed E-state index contributed by atoms with van der Waals surface area (Å²) in [6.07, 6.45) is 0. The van der Waals surface area contributed by atoms with Gasteiger partial charge in [-0.2, -0.15) is 0 Å². The van der Waals surface area contributed by atoms with Crippen molar-refractivity contribution in [2.24, 2.45) is 0 Å². The summed E-state index contributed by atoms with van der Waals surface area (Å²) in [6, 6.07) is 48.5. The lowest BCUT2D eigenvalue weighted by atomic mass is 9.32. The average Bonchev–Trinajstić information content (AvgIpc) is 3.87. The van der Waals surface area contributed by atoms with Crippen LogP contribution in [-0.2, 0) is 0 Å². The molecule has 0 saturated carbocycles. The van der Waals surface area contributed by atoms with Gasteiger partial charge in [0.1, 0.15) is 22.3 Å². The van der Waals surface area contributed by atoms with Crippen LogP contribution >= 0.6 is 0 Å². The Morgan fingerprint density at radius 1 is 0.409 bits per heavy atom. The van der Waals surface area contributed by atoms with Crippen molar-refractivity contribution in [2.75, 3.05) is 9.80 Å². The number of furan rings is 2. The van der Waals surface area contributed by atoms with Crippen LogP contribution < -0.4 is 42.6 Å². The normalized spacial score (nSPS) is 14.2. The molecule has 5 nitrogen and oxygen atoms in total. The number of anilines is 4. The number of hydrogen-bond donors (Lipinski definition) is 0. The van der Waals surface area contributed by atoms with Crippen LogP contribution in [-0.4, -0.2) is 19.5 Å². The van der Waals surface area contributed by atoms with Crippen molar-refractivity contribution in [3.05, 3.63) is 156 Å². The van der Waals surface area contributed by atoms with Gasteiger partial charge in [0, 0.05) is 38.3 Å². The maximum Gasteiger partial charge on any atom is 0.338 e. The standard InChI is InChI=1S/C59H50B2N2O3/c1-31(2)36-17-13-18-37(32(3)4)55(36)60-44-25-23-35-24-26-45-58-54(35)57(44)62(48-27-42-40-15-9-11-21-50(40)65-52(42)29-46(48)60)59(64)63(58)49-28-43-41-16-10-12-22-51(41)66-53(43)30-47(49)61(45)56-38(33(5)6)19-14-20-39(56)34(7)8/h9-34H,1-8H3. The maximum absolute atomic E-state index is 16.6. The molecule has 5 heterocycles. The Morgan fingerprint density at radius 3 is 1.20 bits per heavy atom. The van der Waals surface area contributed by atoms with Gasteiger partial charge in [0.15, 0.2) is 0 Å². The number of para-hydroxylation sites is 2. The van der Waals surface area contributed by atoms with Gasteiger partial charge in [0.25, 0.3) is 0 Å². The fraction of sp³-hybridized carbons (Fsp3) is 0.203. The van der Waals surface area contributed by atoms with Gasteiger partial charge in [0.2, 0.25) is 13.4 Å². The van der Waals surface area contributed by atoms with Gasteiger partial charge in [0.05, 0.1) is 11.4 Å². The molecule has 0 radical (unpaired) electrons. The quantitative estimate of drug-likeness (QED) is 0.157. The molecule has 13 rings (SSSR count). The summed E-state index contributed by atoms with van der Waals surface area (Å²) in [7, 11) is 0. The smallest absolute Gasteiger partial charge is 0.338 e. The van der Waals surface area contributed by atoms with Gasteiger partial charge in [-0.3, -0.25) is 9.80 Å². The summed E-state index contributed by atoms with van der Waals surface area (Å²) in [4.78, 5) is 20.7. The fourth-order valence-corrected chi connectivity index (χ4v) is 12.3. The molecule has 66 heavy (non-hydrogen) atoms. The molecule has 0 atom stereocenters. The Balaban J connectivity index is 1.21. The summed E-state index contributed by atoms with van der Waals surface area (Å²) in [6.45, 7) is 18.1. The Hall–Kier alpha value is -6.98. The summed E-state index contributed by atoms with van der Waals surface area (Å²) >= 11 is 0. The van der Waals surface area contributed by atoms with Crippen molar-refractivity contribution in [3.63, 3.8) is 0 Å². The number of carbonyl (C=O) groups is 1. The molecule has 3 aliphatic rings. The third kappa shape index (κ3) is 5.23. The van der Waals surface area contributed by atoms with E-state index in [4.69, 9.17) is 8.83 Å². The summed E-state index contributed by atoms with van der Waals surface area (Å²) in [5, 5.41) is 6.32. The highest BCUT2D eigenvalue weighted by atomic mass is 16.3. The van der Waals surface area contributed by atoms with E-state index < -0.39 is 0 Å². The van der Waals surface area contributed by atoms with Crippen LogP contribution in [0.1, 0.15) is 101 Å². The van der Waals surface area contributed by atoms with Crippen molar-refractivity contribution in [2.45, 2.75) is 79.1 Å². The van der Waals surface area contributed by atoms with Crippen LogP contribution in [0.15, 0.2) is 142 Å². The van der Waals surface area contributed by atoms with Gasteiger partial charge >= 0.3 is 6.03 Å². The fourth-order valence-electron chi connectivity index (χ4n) is 12.3. The molecule has 0 spiro atoms. The van der Waals surface area contributed by atoms with Gasteiger partial charge in [-0.1, -0.05) is 163 Å². The summed E-state index contributed by atoms with van der Waals surface area (Å²) in [5.41, 5.74) is 19.6. The second kappa shape index (κ2) is 14.0. The third-order valence-electron chi connectivity index (χ3n) is 15.2. The molecular weight excluding hydrogens is 806 g/mol. The minimum atomic E-state index is -0.155. The molecule has 0 fully saturated rings. The largest absolute Gasteiger partial charge is 0.456 e. The zero-order valence-electron chi connectivity index (χ0n) is 38.8. The number of rotatable bonds is 6. The molecule has 7 heteroatoms.